The Hall–Kier alpha value is -0.835. The monoisotopic (exact) mass is 307 g/mol. The second kappa shape index (κ2) is 11.7. The summed E-state index contributed by atoms with van der Waals surface area (Å²) in [4.78, 5) is 0. The van der Waals surface area contributed by atoms with E-state index in [0.717, 1.165) is 44.0 Å². The summed E-state index contributed by atoms with van der Waals surface area (Å²) in [6, 6.07) is 10.1. The Kier molecular flexibility index (Phi) is 10.2. The molecule has 0 spiro atoms. The summed E-state index contributed by atoms with van der Waals surface area (Å²) in [6.07, 6.45) is 6.36. The van der Waals surface area contributed by atoms with Crippen LogP contribution in [0.3, 0.4) is 0 Å². The average molecular weight is 307 g/mol. The molecule has 1 aromatic carbocycles. The van der Waals surface area contributed by atoms with Crippen LogP contribution in [0.25, 0.3) is 0 Å². The Bertz CT molecular complexity index is 343. The van der Waals surface area contributed by atoms with Crippen molar-refractivity contribution in [1.82, 2.24) is 0 Å². The molecule has 0 aliphatic heterocycles. The molecule has 0 atom stereocenters. The zero-order valence-electron chi connectivity index (χ0n) is 14.6. The first-order valence-corrected chi connectivity index (χ1v) is 8.89. The van der Waals surface area contributed by atoms with Gasteiger partial charge in [0.05, 0.1) is 0 Å². The van der Waals surface area contributed by atoms with Crippen LogP contribution in [0.2, 0.25) is 0 Å². The Morgan fingerprint density at radius 1 is 0.682 bits per heavy atom. The van der Waals surface area contributed by atoms with Gasteiger partial charge in [-0.3, -0.25) is 0 Å². The Morgan fingerprint density at radius 3 is 1.45 bits per heavy atom. The van der Waals surface area contributed by atoms with Gasteiger partial charge in [-0.15, -0.1) is 5.46 Å². The van der Waals surface area contributed by atoms with Gasteiger partial charge in [0.2, 0.25) is 0 Å². The first-order valence-electron chi connectivity index (χ1n) is 8.89. The summed E-state index contributed by atoms with van der Waals surface area (Å²) >= 11 is 0. The second-order valence-electron chi connectivity index (χ2n) is 5.73. The molecule has 0 radical (unpaired) electrons. The van der Waals surface area contributed by atoms with Crippen molar-refractivity contribution in [1.29, 1.82) is 0 Å². The highest BCUT2D eigenvalue weighted by Gasteiger charge is 2.31. The van der Waals surface area contributed by atoms with Crippen molar-refractivity contribution in [3.05, 3.63) is 30.3 Å². The Labute approximate surface area is 136 Å². The van der Waals surface area contributed by atoms with E-state index < -0.39 is 6.75 Å². The maximum atomic E-state index is 6.17. The van der Waals surface area contributed by atoms with Gasteiger partial charge in [0.25, 0.3) is 0 Å². The largest absolute Gasteiger partial charge is 0.541 e. The first-order chi connectivity index (χ1) is 10.8. The SMILES string of the molecule is CCCCO[B-](OCCCC)(OCCCC)c1ccccc1. The third-order valence-corrected chi connectivity index (χ3v) is 3.71. The standard InChI is InChI=1S/C18H32BO3/c1-4-7-15-20-19(21-16-8-5-2,22-17-9-6-3)18-13-11-10-12-14-18/h10-14H,4-9,15-17H2,1-3H3/q-1. The molecule has 0 saturated heterocycles. The summed E-state index contributed by atoms with van der Waals surface area (Å²) in [6.45, 7) is 6.67. The van der Waals surface area contributed by atoms with Gasteiger partial charge < -0.3 is 14.0 Å². The zero-order valence-corrected chi connectivity index (χ0v) is 14.6. The fourth-order valence-electron chi connectivity index (χ4n) is 2.27. The lowest BCUT2D eigenvalue weighted by Crippen LogP contribution is -2.57. The molecule has 1 aromatic rings. The predicted octanol–water partition coefficient (Wildman–Crippen LogP) is 4.28. The van der Waals surface area contributed by atoms with E-state index in [4.69, 9.17) is 14.0 Å². The number of benzene rings is 1. The Morgan fingerprint density at radius 2 is 1.09 bits per heavy atom. The molecule has 0 bridgehead atoms. The highest BCUT2D eigenvalue weighted by Crippen LogP contribution is 2.14. The molecule has 0 amide bonds. The maximum Gasteiger partial charge on any atom is 0.409 e. The predicted molar refractivity (Wildman–Crippen MR) is 94.4 cm³/mol. The van der Waals surface area contributed by atoms with Gasteiger partial charge in [0, 0.05) is 19.8 Å². The molecular formula is C18H32BO3-. The molecule has 22 heavy (non-hydrogen) atoms. The van der Waals surface area contributed by atoms with E-state index in [-0.39, 0.29) is 0 Å². The second-order valence-corrected chi connectivity index (χ2v) is 5.73. The van der Waals surface area contributed by atoms with Crippen LogP contribution in [0.5, 0.6) is 0 Å². The van der Waals surface area contributed by atoms with Gasteiger partial charge in [0.1, 0.15) is 0 Å². The quantitative estimate of drug-likeness (QED) is 0.402. The molecule has 0 heterocycles. The molecule has 0 unspecified atom stereocenters. The zero-order chi connectivity index (χ0) is 16.1. The van der Waals surface area contributed by atoms with Gasteiger partial charge in [-0.05, 0) is 19.3 Å². The average Bonchev–Trinajstić information content (AvgIpc) is 2.56. The highest BCUT2D eigenvalue weighted by atomic mass is 16.7. The van der Waals surface area contributed by atoms with Crippen molar-refractivity contribution >= 4 is 12.2 Å². The number of unbranched alkanes of at least 4 members (excludes halogenated alkanes) is 3. The molecule has 0 saturated carbocycles. The van der Waals surface area contributed by atoms with Crippen LogP contribution in [0, 0.1) is 0 Å². The van der Waals surface area contributed by atoms with Crippen molar-refractivity contribution in [2.24, 2.45) is 0 Å². The summed E-state index contributed by atoms with van der Waals surface area (Å²) < 4.78 is 18.5. The normalized spacial score (nSPS) is 11.8. The first kappa shape index (κ1) is 19.2. The van der Waals surface area contributed by atoms with E-state index >= 15 is 0 Å². The minimum absolute atomic E-state index is 0.670. The van der Waals surface area contributed by atoms with E-state index in [1.807, 2.05) is 30.3 Å². The fourth-order valence-corrected chi connectivity index (χ4v) is 2.27. The van der Waals surface area contributed by atoms with Crippen LogP contribution in [0.1, 0.15) is 59.3 Å². The van der Waals surface area contributed by atoms with Crippen molar-refractivity contribution in [2.45, 2.75) is 59.3 Å². The van der Waals surface area contributed by atoms with Crippen molar-refractivity contribution < 1.29 is 14.0 Å². The topological polar surface area (TPSA) is 27.7 Å². The maximum absolute atomic E-state index is 6.17. The van der Waals surface area contributed by atoms with Crippen molar-refractivity contribution in [3.63, 3.8) is 0 Å². The van der Waals surface area contributed by atoms with E-state index in [2.05, 4.69) is 20.8 Å². The van der Waals surface area contributed by atoms with Crippen LogP contribution in [-0.4, -0.2) is 26.6 Å². The van der Waals surface area contributed by atoms with E-state index in [1.165, 1.54) is 0 Å². The van der Waals surface area contributed by atoms with Gasteiger partial charge in [-0.2, -0.15) is 0 Å². The lowest BCUT2D eigenvalue weighted by atomic mass is 9.68. The highest BCUT2D eigenvalue weighted by molar-refractivity contribution is 6.75. The van der Waals surface area contributed by atoms with Gasteiger partial charge >= 0.3 is 6.75 Å². The number of hydrogen-bond acceptors (Lipinski definition) is 3. The third-order valence-electron chi connectivity index (χ3n) is 3.71. The fraction of sp³-hybridized carbons (Fsp3) is 0.667. The molecule has 1 rings (SSSR count). The minimum atomic E-state index is -1.83. The van der Waals surface area contributed by atoms with Crippen LogP contribution in [0.15, 0.2) is 30.3 Å². The van der Waals surface area contributed by atoms with E-state index in [0.29, 0.717) is 19.8 Å². The number of hydrogen-bond donors (Lipinski definition) is 0. The van der Waals surface area contributed by atoms with Crippen molar-refractivity contribution in [2.75, 3.05) is 19.8 Å². The van der Waals surface area contributed by atoms with Gasteiger partial charge in [-0.25, -0.2) is 0 Å². The minimum Gasteiger partial charge on any atom is -0.541 e. The smallest absolute Gasteiger partial charge is 0.409 e. The molecule has 0 aliphatic rings. The summed E-state index contributed by atoms with van der Waals surface area (Å²) in [5.74, 6) is 0. The molecule has 126 valence electrons. The molecule has 0 N–H and O–H groups in total. The van der Waals surface area contributed by atoms with Crippen LogP contribution in [0.4, 0.5) is 0 Å². The molecule has 0 aliphatic carbocycles. The molecule has 0 fully saturated rings. The summed E-state index contributed by atoms with van der Waals surface area (Å²) in [5.41, 5.74) is 1.01. The van der Waals surface area contributed by atoms with E-state index in [1.54, 1.807) is 0 Å². The van der Waals surface area contributed by atoms with Crippen LogP contribution >= 0.6 is 0 Å². The Balaban J connectivity index is 2.88. The van der Waals surface area contributed by atoms with Gasteiger partial charge in [-0.1, -0.05) is 70.4 Å². The van der Waals surface area contributed by atoms with Crippen LogP contribution < -0.4 is 5.46 Å². The lowest BCUT2D eigenvalue weighted by molar-refractivity contribution is 0.0700. The molecule has 3 nitrogen and oxygen atoms in total. The van der Waals surface area contributed by atoms with Gasteiger partial charge in [0.15, 0.2) is 0 Å². The summed E-state index contributed by atoms with van der Waals surface area (Å²) in [7, 11) is 0. The van der Waals surface area contributed by atoms with Crippen molar-refractivity contribution in [3.8, 4) is 0 Å². The van der Waals surface area contributed by atoms with E-state index in [9.17, 15) is 0 Å². The lowest BCUT2D eigenvalue weighted by Gasteiger charge is -2.42. The van der Waals surface area contributed by atoms with Crippen LogP contribution in [-0.2, 0) is 14.0 Å². The molecule has 4 heteroatoms. The third kappa shape index (κ3) is 6.51. The number of rotatable bonds is 13. The molecule has 0 aromatic heterocycles. The molecular weight excluding hydrogens is 275 g/mol. The summed E-state index contributed by atoms with van der Waals surface area (Å²) in [5, 5.41) is 0.